The number of aryl methyl sites for hydroxylation is 1. The fourth-order valence-corrected chi connectivity index (χ4v) is 3.40. The lowest BCUT2D eigenvalue weighted by molar-refractivity contribution is -0.126. The number of amides is 3. The van der Waals surface area contributed by atoms with Gasteiger partial charge in [-0.2, -0.15) is 0 Å². The summed E-state index contributed by atoms with van der Waals surface area (Å²) in [5.41, 5.74) is 1.84. The predicted molar refractivity (Wildman–Crippen MR) is 110 cm³/mol. The molecule has 0 aromatic heterocycles. The van der Waals surface area contributed by atoms with Gasteiger partial charge in [-0.05, 0) is 37.1 Å². The molecule has 6 heteroatoms. The molecule has 152 valence electrons. The lowest BCUT2D eigenvalue weighted by Gasteiger charge is -2.29. The van der Waals surface area contributed by atoms with Crippen molar-refractivity contribution < 1.29 is 19.1 Å². The number of benzene rings is 2. The third kappa shape index (κ3) is 4.31. The zero-order valence-electron chi connectivity index (χ0n) is 17.0. The van der Waals surface area contributed by atoms with Crippen LogP contribution in [0.3, 0.4) is 0 Å². The zero-order valence-corrected chi connectivity index (χ0v) is 17.0. The first-order chi connectivity index (χ1) is 13.9. The standard InChI is InChI=1S/C23H26N2O4/c1-4-16(3)20(25-22(27)18-7-5-6-8-19(18)23(25)28)21(26)24-13-14-29-17-11-9-15(2)10-12-17/h5-12,16,20H,4,13-14H2,1-3H3,(H,24,26). The van der Waals surface area contributed by atoms with Crippen molar-refractivity contribution in [3.05, 3.63) is 65.2 Å². The third-order valence-corrected chi connectivity index (χ3v) is 5.25. The first kappa shape index (κ1) is 20.6. The summed E-state index contributed by atoms with van der Waals surface area (Å²) in [6.45, 7) is 6.38. The second kappa shape index (κ2) is 8.90. The normalized spacial score (nSPS) is 15.1. The van der Waals surface area contributed by atoms with Gasteiger partial charge in [0.25, 0.3) is 11.8 Å². The molecule has 1 heterocycles. The second-order valence-corrected chi connectivity index (χ2v) is 7.31. The number of carbonyl (C=O) groups excluding carboxylic acids is 3. The molecule has 1 aliphatic rings. The van der Waals surface area contributed by atoms with E-state index in [2.05, 4.69) is 5.32 Å². The van der Waals surface area contributed by atoms with E-state index in [0.717, 1.165) is 16.2 Å². The molecule has 29 heavy (non-hydrogen) atoms. The molecular weight excluding hydrogens is 368 g/mol. The number of fused-ring (bicyclic) bond motifs is 1. The Labute approximate surface area is 170 Å². The van der Waals surface area contributed by atoms with Gasteiger partial charge in [0.2, 0.25) is 5.91 Å². The van der Waals surface area contributed by atoms with Crippen molar-refractivity contribution in [2.45, 2.75) is 33.2 Å². The molecule has 6 nitrogen and oxygen atoms in total. The van der Waals surface area contributed by atoms with Crippen molar-refractivity contribution in [2.75, 3.05) is 13.2 Å². The summed E-state index contributed by atoms with van der Waals surface area (Å²) >= 11 is 0. The molecule has 2 aromatic carbocycles. The smallest absolute Gasteiger partial charge is 0.262 e. The number of nitrogens with zero attached hydrogens (tertiary/aromatic N) is 1. The zero-order chi connectivity index (χ0) is 21.0. The Morgan fingerprint density at radius 3 is 2.17 bits per heavy atom. The fourth-order valence-electron chi connectivity index (χ4n) is 3.40. The number of hydrogen-bond donors (Lipinski definition) is 1. The maximum atomic E-state index is 12.9. The van der Waals surface area contributed by atoms with Gasteiger partial charge in [0.05, 0.1) is 17.7 Å². The summed E-state index contributed by atoms with van der Waals surface area (Å²) in [6, 6.07) is 13.5. The summed E-state index contributed by atoms with van der Waals surface area (Å²) in [5, 5.41) is 2.81. The van der Waals surface area contributed by atoms with Crippen LogP contribution < -0.4 is 10.1 Å². The highest BCUT2D eigenvalue weighted by atomic mass is 16.5. The number of hydrogen-bond acceptors (Lipinski definition) is 4. The van der Waals surface area contributed by atoms with Crippen LogP contribution >= 0.6 is 0 Å². The van der Waals surface area contributed by atoms with E-state index in [9.17, 15) is 14.4 Å². The Kier molecular flexibility index (Phi) is 6.32. The quantitative estimate of drug-likeness (QED) is 0.551. The maximum absolute atomic E-state index is 12.9. The lowest BCUT2D eigenvalue weighted by Crippen LogP contribution is -2.53. The minimum atomic E-state index is -0.855. The van der Waals surface area contributed by atoms with Crippen molar-refractivity contribution in [2.24, 2.45) is 5.92 Å². The highest BCUT2D eigenvalue weighted by molar-refractivity contribution is 6.22. The van der Waals surface area contributed by atoms with Crippen molar-refractivity contribution in [3.8, 4) is 5.75 Å². The van der Waals surface area contributed by atoms with Crippen molar-refractivity contribution in [1.82, 2.24) is 10.2 Å². The first-order valence-corrected chi connectivity index (χ1v) is 9.88. The molecule has 3 amide bonds. The highest BCUT2D eigenvalue weighted by Crippen LogP contribution is 2.28. The molecule has 0 aliphatic carbocycles. The molecule has 2 unspecified atom stereocenters. The van der Waals surface area contributed by atoms with Crippen LogP contribution in [-0.2, 0) is 4.79 Å². The first-order valence-electron chi connectivity index (χ1n) is 9.88. The van der Waals surface area contributed by atoms with Gasteiger partial charge in [0.1, 0.15) is 18.4 Å². The molecule has 0 spiro atoms. The Morgan fingerprint density at radius 2 is 1.62 bits per heavy atom. The van der Waals surface area contributed by atoms with E-state index >= 15 is 0 Å². The van der Waals surface area contributed by atoms with Crippen LogP contribution in [0, 0.1) is 12.8 Å². The van der Waals surface area contributed by atoms with Crippen LogP contribution in [0.4, 0.5) is 0 Å². The van der Waals surface area contributed by atoms with Gasteiger partial charge < -0.3 is 10.1 Å². The van der Waals surface area contributed by atoms with Crippen molar-refractivity contribution in [3.63, 3.8) is 0 Å². The van der Waals surface area contributed by atoms with Gasteiger partial charge >= 0.3 is 0 Å². The van der Waals surface area contributed by atoms with E-state index in [-0.39, 0.29) is 18.4 Å². The molecule has 0 fully saturated rings. The number of nitrogens with one attached hydrogen (secondary N) is 1. The SMILES string of the molecule is CCC(C)C(C(=O)NCCOc1ccc(C)cc1)N1C(=O)c2ccccc2C1=O. The Morgan fingerprint density at radius 1 is 1.03 bits per heavy atom. The minimum absolute atomic E-state index is 0.171. The van der Waals surface area contributed by atoms with Gasteiger partial charge in [-0.3, -0.25) is 19.3 Å². The average molecular weight is 394 g/mol. The van der Waals surface area contributed by atoms with Crippen LogP contribution in [0.1, 0.15) is 46.5 Å². The molecule has 0 bridgehead atoms. The number of carbonyl (C=O) groups is 3. The van der Waals surface area contributed by atoms with Gasteiger partial charge in [-0.15, -0.1) is 0 Å². The molecule has 2 atom stereocenters. The molecule has 1 N–H and O–H groups in total. The Hall–Kier alpha value is -3.15. The predicted octanol–water partition coefficient (Wildman–Crippen LogP) is 3.20. The summed E-state index contributed by atoms with van der Waals surface area (Å²) in [7, 11) is 0. The summed E-state index contributed by atoms with van der Waals surface area (Å²) in [5.74, 6) is -0.621. The molecule has 0 radical (unpaired) electrons. The largest absolute Gasteiger partial charge is 0.492 e. The van der Waals surface area contributed by atoms with Gasteiger partial charge in [0, 0.05) is 0 Å². The molecule has 0 saturated carbocycles. The second-order valence-electron chi connectivity index (χ2n) is 7.31. The van der Waals surface area contributed by atoms with Gasteiger partial charge in [-0.1, -0.05) is 50.1 Å². The summed E-state index contributed by atoms with van der Waals surface area (Å²) < 4.78 is 5.63. The van der Waals surface area contributed by atoms with Crippen LogP contribution in [-0.4, -0.2) is 41.8 Å². The number of imide groups is 1. The van der Waals surface area contributed by atoms with E-state index in [1.54, 1.807) is 24.3 Å². The molecule has 3 rings (SSSR count). The van der Waals surface area contributed by atoms with E-state index in [1.807, 2.05) is 45.0 Å². The van der Waals surface area contributed by atoms with Crippen molar-refractivity contribution in [1.29, 1.82) is 0 Å². The van der Waals surface area contributed by atoms with Crippen LogP contribution in [0.25, 0.3) is 0 Å². The summed E-state index contributed by atoms with van der Waals surface area (Å²) in [6.07, 6.45) is 0.658. The average Bonchev–Trinajstić information content (AvgIpc) is 2.98. The van der Waals surface area contributed by atoms with E-state index < -0.39 is 17.9 Å². The lowest BCUT2D eigenvalue weighted by atomic mass is 9.96. The van der Waals surface area contributed by atoms with Gasteiger partial charge in [-0.25, -0.2) is 0 Å². The fraction of sp³-hybridized carbons (Fsp3) is 0.348. The van der Waals surface area contributed by atoms with Crippen LogP contribution in [0.5, 0.6) is 5.75 Å². The maximum Gasteiger partial charge on any atom is 0.262 e. The van der Waals surface area contributed by atoms with E-state index in [4.69, 9.17) is 4.74 Å². The minimum Gasteiger partial charge on any atom is -0.492 e. The summed E-state index contributed by atoms with van der Waals surface area (Å²) in [4.78, 5) is 39.7. The third-order valence-electron chi connectivity index (χ3n) is 5.25. The van der Waals surface area contributed by atoms with E-state index in [1.165, 1.54) is 0 Å². The molecule has 0 saturated heterocycles. The molecular formula is C23H26N2O4. The topological polar surface area (TPSA) is 75.7 Å². The monoisotopic (exact) mass is 394 g/mol. The number of ether oxygens (including phenoxy) is 1. The molecule has 2 aromatic rings. The molecule has 1 aliphatic heterocycles. The highest BCUT2D eigenvalue weighted by Gasteiger charge is 2.44. The number of rotatable bonds is 8. The van der Waals surface area contributed by atoms with Crippen LogP contribution in [0.2, 0.25) is 0 Å². The Balaban J connectivity index is 1.66. The van der Waals surface area contributed by atoms with Crippen molar-refractivity contribution >= 4 is 17.7 Å². The Bertz CT molecular complexity index is 872. The van der Waals surface area contributed by atoms with E-state index in [0.29, 0.717) is 24.2 Å². The van der Waals surface area contributed by atoms with Crippen LogP contribution in [0.15, 0.2) is 48.5 Å². The van der Waals surface area contributed by atoms with Gasteiger partial charge in [0.15, 0.2) is 0 Å².